The first kappa shape index (κ1) is 15.0. The molecular weight excluding hydrogens is 298 g/mol. The number of aromatic nitrogens is 3. The fourth-order valence-corrected chi connectivity index (χ4v) is 3.41. The first-order valence-corrected chi connectivity index (χ1v) is 8.11. The molecule has 0 saturated heterocycles. The van der Waals surface area contributed by atoms with Crippen LogP contribution in [0.1, 0.15) is 24.5 Å². The van der Waals surface area contributed by atoms with Crippen molar-refractivity contribution >= 4 is 34.0 Å². The third-order valence-corrected chi connectivity index (χ3v) is 4.28. The smallest absolute Gasteiger partial charge is 0.313 e. The molecule has 8 heteroatoms. The molecule has 2 heterocycles. The molecule has 0 saturated carbocycles. The summed E-state index contributed by atoms with van der Waals surface area (Å²) >= 11 is 2.63. The van der Waals surface area contributed by atoms with E-state index < -0.39 is 5.97 Å². The number of carboxylic acids is 1. The van der Waals surface area contributed by atoms with Crippen LogP contribution in [0.15, 0.2) is 10.9 Å². The van der Waals surface area contributed by atoms with Gasteiger partial charge in [0, 0.05) is 18.2 Å². The maximum Gasteiger partial charge on any atom is 0.313 e. The minimum Gasteiger partial charge on any atom is -0.481 e. The van der Waals surface area contributed by atoms with Crippen molar-refractivity contribution in [2.75, 3.05) is 5.75 Å². The molecule has 0 bridgehead atoms. The van der Waals surface area contributed by atoms with Gasteiger partial charge in [0.1, 0.15) is 5.01 Å². The van der Waals surface area contributed by atoms with Gasteiger partial charge in [0.15, 0.2) is 0 Å². The molecule has 0 spiro atoms. The lowest BCUT2D eigenvalue weighted by molar-refractivity contribution is -0.133. The maximum atomic E-state index is 11.9. The van der Waals surface area contributed by atoms with Crippen molar-refractivity contribution < 1.29 is 9.90 Å². The molecule has 2 aromatic rings. The molecular formula is C12H15N3O3S2. The highest BCUT2D eigenvalue weighted by Gasteiger charge is 2.10. The van der Waals surface area contributed by atoms with E-state index >= 15 is 0 Å². The Labute approximate surface area is 123 Å². The molecule has 20 heavy (non-hydrogen) atoms. The Hall–Kier alpha value is -1.41. The van der Waals surface area contributed by atoms with E-state index in [0.29, 0.717) is 22.3 Å². The van der Waals surface area contributed by atoms with Gasteiger partial charge < -0.3 is 5.11 Å². The lowest BCUT2D eigenvalue weighted by Crippen LogP contribution is -2.15. The summed E-state index contributed by atoms with van der Waals surface area (Å²) in [5.41, 5.74) is 0.383. The maximum absolute atomic E-state index is 11.9. The highest BCUT2D eigenvalue weighted by Crippen LogP contribution is 2.16. The first-order valence-electron chi connectivity index (χ1n) is 6.14. The van der Waals surface area contributed by atoms with Gasteiger partial charge in [0.2, 0.25) is 4.96 Å². The molecule has 108 valence electrons. The zero-order valence-corrected chi connectivity index (χ0v) is 12.8. The SMILES string of the molecule is CC(C)Cc1nn2c(=O)cc(CSCC(=O)O)nc2s1. The third-order valence-electron chi connectivity index (χ3n) is 2.40. The molecule has 0 fully saturated rings. The van der Waals surface area contributed by atoms with Gasteiger partial charge in [0.05, 0.1) is 11.4 Å². The Morgan fingerprint density at radius 2 is 2.30 bits per heavy atom. The standard InChI is InChI=1S/C12H15N3O3S2/c1-7(2)3-9-14-15-10(16)4-8(13-12(15)20-9)5-19-6-11(17)18/h4,7H,3,5-6H2,1-2H3,(H,17,18). The molecule has 0 radical (unpaired) electrons. The summed E-state index contributed by atoms with van der Waals surface area (Å²) in [4.78, 5) is 27.3. The molecule has 0 aliphatic heterocycles. The van der Waals surface area contributed by atoms with Crippen LogP contribution in [0, 0.1) is 5.92 Å². The highest BCUT2D eigenvalue weighted by atomic mass is 32.2. The van der Waals surface area contributed by atoms with Crippen molar-refractivity contribution in [2.24, 2.45) is 5.92 Å². The van der Waals surface area contributed by atoms with Crippen LogP contribution in [0.25, 0.3) is 4.96 Å². The van der Waals surface area contributed by atoms with E-state index in [1.165, 1.54) is 33.7 Å². The van der Waals surface area contributed by atoms with E-state index in [1.807, 2.05) is 0 Å². The molecule has 2 rings (SSSR count). The largest absolute Gasteiger partial charge is 0.481 e. The van der Waals surface area contributed by atoms with Gasteiger partial charge in [-0.15, -0.1) is 11.8 Å². The number of fused-ring (bicyclic) bond motifs is 1. The van der Waals surface area contributed by atoms with Crippen molar-refractivity contribution in [2.45, 2.75) is 26.0 Å². The fourth-order valence-electron chi connectivity index (χ4n) is 1.64. The predicted molar refractivity (Wildman–Crippen MR) is 79.5 cm³/mol. The number of nitrogens with zero attached hydrogens (tertiary/aromatic N) is 3. The number of rotatable bonds is 6. The number of carbonyl (C=O) groups is 1. The van der Waals surface area contributed by atoms with E-state index in [0.717, 1.165) is 11.4 Å². The molecule has 2 aromatic heterocycles. The summed E-state index contributed by atoms with van der Waals surface area (Å²) in [7, 11) is 0. The second-order valence-corrected chi connectivity index (χ2v) is 6.79. The average molecular weight is 313 g/mol. The van der Waals surface area contributed by atoms with E-state index in [9.17, 15) is 9.59 Å². The van der Waals surface area contributed by atoms with Crippen molar-refractivity contribution in [3.8, 4) is 0 Å². The molecule has 0 aliphatic rings. The second kappa shape index (κ2) is 6.36. The van der Waals surface area contributed by atoms with Crippen LogP contribution < -0.4 is 5.56 Å². The number of carboxylic acid groups (broad SMARTS) is 1. The zero-order chi connectivity index (χ0) is 14.7. The minimum atomic E-state index is -0.871. The summed E-state index contributed by atoms with van der Waals surface area (Å²) in [5.74, 6) is 0.0132. The van der Waals surface area contributed by atoms with Crippen LogP contribution in [0.4, 0.5) is 0 Å². The summed E-state index contributed by atoms with van der Waals surface area (Å²) in [6.07, 6.45) is 0.816. The Kier molecular flexibility index (Phi) is 4.77. The monoisotopic (exact) mass is 313 g/mol. The van der Waals surface area contributed by atoms with Crippen LogP contribution in [-0.2, 0) is 17.0 Å². The lowest BCUT2D eigenvalue weighted by atomic mass is 10.1. The van der Waals surface area contributed by atoms with Crippen molar-refractivity contribution in [1.29, 1.82) is 0 Å². The number of hydrogen-bond donors (Lipinski definition) is 1. The second-order valence-electron chi connectivity index (χ2n) is 4.76. The van der Waals surface area contributed by atoms with Crippen molar-refractivity contribution in [3.63, 3.8) is 0 Å². The number of hydrogen-bond acceptors (Lipinski definition) is 6. The summed E-state index contributed by atoms with van der Waals surface area (Å²) in [6.45, 7) is 4.19. The number of thioether (sulfide) groups is 1. The lowest BCUT2D eigenvalue weighted by Gasteiger charge is -1.98. The van der Waals surface area contributed by atoms with Gasteiger partial charge >= 0.3 is 5.97 Å². The summed E-state index contributed by atoms with van der Waals surface area (Å²) in [5, 5.41) is 13.7. The molecule has 0 aliphatic carbocycles. The Balaban J connectivity index is 2.22. The van der Waals surface area contributed by atoms with E-state index in [-0.39, 0.29) is 11.3 Å². The van der Waals surface area contributed by atoms with E-state index in [4.69, 9.17) is 5.11 Å². The normalized spacial score (nSPS) is 11.3. The quantitative estimate of drug-likeness (QED) is 0.873. The van der Waals surface area contributed by atoms with Gasteiger partial charge in [0.25, 0.3) is 5.56 Å². The van der Waals surface area contributed by atoms with Crippen LogP contribution >= 0.6 is 23.1 Å². The molecule has 0 unspecified atom stereocenters. The van der Waals surface area contributed by atoms with Gasteiger partial charge in [-0.3, -0.25) is 9.59 Å². The Morgan fingerprint density at radius 1 is 1.55 bits per heavy atom. The van der Waals surface area contributed by atoms with E-state index in [2.05, 4.69) is 23.9 Å². The van der Waals surface area contributed by atoms with E-state index in [1.54, 1.807) is 0 Å². The van der Waals surface area contributed by atoms with Crippen LogP contribution in [0.5, 0.6) is 0 Å². The molecule has 0 atom stereocenters. The van der Waals surface area contributed by atoms with Gasteiger partial charge in [-0.05, 0) is 5.92 Å². The molecule has 0 amide bonds. The minimum absolute atomic E-state index is 0.00232. The summed E-state index contributed by atoms with van der Waals surface area (Å²) in [6, 6.07) is 1.42. The van der Waals surface area contributed by atoms with Crippen molar-refractivity contribution in [3.05, 3.63) is 27.1 Å². The molecule has 6 nitrogen and oxygen atoms in total. The molecule has 0 aromatic carbocycles. The molecule has 1 N–H and O–H groups in total. The Morgan fingerprint density at radius 3 is 2.95 bits per heavy atom. The van der Waals surface area contributed by atoms with Gasteiger partial charge in [-0.25, -0.2) is 4.98 Å². The van der Waals surface area contributed by atoms with Gasteiger partial charge in [-0.1, -0.05) is 25.2 Å². The third kappa shape index (κ3) is 3.80. The summed E-state index contributed by atoms with van der Waals surface area (Å²) < 4.78 is 1.31. The zero-order valence-electron chi connectivity index (χ0n) is 11.2. The topological polar surface area (TPSA) is 84.6 Å². The fraction of sp³-hybridized carbons (Fsp3) is 0.500. The number of aliphatic carboxylic acids is 1. The Bertz CT molecular complexity index is 678. The van der Waals surface area contributed by atoms with Crippen LogP contribution in [0.2, 0.25) is 0 Å². The van der Waals surface area contributed by atoms with Gasteiger partial charge in [-0.2, -0.15) is 9.61 Å². The highest BCUT2D eigenvalue weighted by molar-refractivity contribution is 7.99. The first-order chi connectivity index (χ1) is 9.45. The predicted octanol–water partition coefficient (Wildman–Crippen LogP) is 1.67. The van der Waals surface area contributed by atoms with Crippen LogP contribution in [0.3, 0.4) is 0 Å². The van der Waals surface area contributed by atoms with Crippen molar-refractivity contribution in [1.82, 2.24) is 14.6 Å². The average Bonchev–Trinajstić information content (AvgIpc) is 2.70. The van der Waals surface area contributed by atoms with Crippen LogP contribution in [-0.4, -0.2) is 31.4 Å².